The van der Waals surface area contributed by atoms with Gasteiger partial charge in [0, 0.05) is 18.5 Å². The molecule has 0 aromatic carbocycles. The second kappa shape index (κ2) is 7.36. The van der Waals surface area contributed by atoms with Gasteiger partial charge in [-0.1, -0.05) is 0 Å². The van der Waals surface area contributed by atoms with E-state index in [2.05, 4.69) is 4.98 Å². The Labute approximate surface area is 137 Å². The molecule has 2 heterocycles. The number of pyridine rings is 1. The van der Waals surface area contributed by atoms with Crippen molar-refractivity contribution < 1.29 is 24.0 Å². The van der Waals surface area contributed by atoms with Crippen LogP contribution in [-0.4, -0.2) is 39.6 Å². The van der Waals surface area contributed by atoms with Gasteiger partial charge in [0.1, 0.15) is 11.4 Å². The number of carbonyl (C=O) groups excluding carboxylic acids is 2. The molecule has 0 unspecified atom stereocenters. The van der Waals surface area contributed by atoms with Crippen molar-refractivity contribution in [1.29, 1.82) is 0 Å². The molecule has 0 fully saturated rings. The van der Waals surface area contributed by atoms with E-state index in [4.69, 9.17) is 9.47 Å². The summed E-state index contributed by atoms with van der Waals surface area (Å²) in [6, 6.07) is 2.55. The molecule has 0 radical (unpaired) electrons. The van der Waals surface area contributed by atoms with E-state index in [0.717, 1.165) is 0 Å². The number of hydrogen-bond donors (Lipinski definition) is 0. The molecule has 0 N–H and O–H groups in total. The molecule has 9 heteroatoms. The lowest BCUT2D eigenvalue weighted by atomic mass is 10.2. The summed E-state index contributed by atoms with van der Waals surface area (Å²) in [7, 11) is 0. The Bertz CT molecular complexity index is 783. The zero-order valence-electron chi connectivity index (χ0n) is 13.1. The molecule has 0 saturated carbocycles. The van der Waals surface area contributed by atoms with Crippen LogP contribution in [0.2, 0.25) is 0 Å². The van der Waals surface area contributed by atoms with E-state index in [1.165, 1.54) is 35.3 Å². The molecular formula is C15H15N3O6. The van der Waals surface area contributed by atoms with Crippen LogP contribution in [0.5, 0.6) is 0 Å². The van der Waals surface area contributed by atoms with Gasteiger partial charge >= 0.3 is 11.9 Å². The average Bonchev–Trinajstić information content (AvgIpc) is 3.00. The molecule has 9 nitrogen and oxygen atoms in total. The van der Waals surface area contributed by atoms with E-state index >= 15 is 0 Å². The van der Waals surface area contributed by atoms with E-state index in [1.807, 2.05) is 0 Å². The number of hydrogen-bond acceptors (Lipinski definition) is 7. The van der Waals surface area contributed by atoms with Gasteiger partial charge < -0.3 is 14.0 Å². The average molecular weight is 333 g/mol. The number of ether oxygens (including phenoxy) is 2. The zero-order valence-corrected chi connectivity index (χ0v) is 13.1. The number of rotatable bonds is 6. The first-order chi connectivity index (χ1) is 11.5. The van der Waals surface area contributed by atoms with Crippen LogP contribution < -0.4 is 0 Å². The highest BCUT2D eigenvalue weighted by atomic mass is 16.6. The van der Waals surface area contributed by atoms with Gasteiger partial charge in [0.25, 0.3) is 5.69 Å². The second-order valence-corrected chi connectivity index (χ2v) is 4.51. The lowest BCUT2D eigenvalue weighted by molar-refractivity contribution is -0.384. The van der Waals surface area contributed by atoms with E-state index < -0.39 is 16.9 Å². The van der Waals surface area contributed by atoms with E-state index in [9.17, 15) is 19.7 Å². The van der Waals surface area contributed by atoms with Crippen molar-refractivity contribution in [2.24, 2.45) is 0 Å². The minimum Gasteiger partial charge on any atom is -0.462 e. The van der Waals surface area contributed by atoms with Crippen molar-refractivity contribution >= 4 is 17.6 Å². The van der Waals surface area contributed by atoms with Gasteiger partial charge in [0.05, 0.1) is 29.9 Å². The van der Waals surface area contributed by atoms with Crippen LogP contribution in [0.15, 0.2) is 30.7 Å². The summed E-state index contributed by atoms with van der Waals surface area (Å²) in [4.78, 5) is 38.8. The van der Waals surface area contributed by atoms with Gasteiger partial charge in [0.2, 0.25) is 0 Å². The van der Waals surface area contributed by atoms with E-state index in [0.29, 0.717) is 0 Å². The van der Waals surface area contributed by atoms with Crippen molar-refractivity contribution in [3.05, 3.63) is 52.1 Å². The Morgan fingerprint density at radius 2 is 1.88 bits per heavy atom. The third-order valence-corrected chi connectivity index (χ3v) is 3.08. The van der Waals surface area contributed by atoms with Crippen molar-refractivity contribution in [1.82, 2.24) is 9.55 Å². The van der Waals surface area contributed by atoms with Crippen LogP contribution in [0.1, 0.15) is 34.7 Å². The molecule has 2 aromatic rings. The highest BCUT2D eigenvalue weighted by molar-refractivity contribution is 6.02. The lowest BCUT2D eigenvalue weighted by Gasteiger charge is -2.10. The number of nitrogens with zero attached hydrogens (tertiary/aromatic N) is 3. The molecule has 2 aromatic heterocycles. The molecule has 0 aliphatic heterocycles. The number of nitro groups is 1. The zero-order chi connectivity index (χ0) is 17.7. The summed E-state index contributed by atoms with van der Waals surface area (Å²) < 4.78 is 11.1. The predicted molar refractivity (Wildman–Crippen MR) is 82.1 cm³/mol. The van der Waals surface area contributed by atoms with Crippen LogP contribution >= 0.6 is 0 Å². The molecule has 24 heavy (non-hydrogen) atoms. The fraction of sp³-hybridized carbons (Fsp3) is 0.267. The van der Waals surface area contributed by atoms with E-state index in [-0.39, 0.29) is 35.8 Å². The smallest absolute Gasteiger partial charge is 0.356 e. The molecule has 126 valence electrons. The minimum atomic E-state index is -0.788. The monoisotopic (exact) mass is 333 g/mol. The number of carbonyl (C=O) groups is 2. The Balaban J connectivity index is 2.65. The van der Waals surface area contributed by atoms with Gasteiger partial charge in [-0.3, -0.25) is 15.1 Å². The summed E-state index contributed by atoms with van der Waals surface area (Å²) in [6.07, 6.45) is 3.86. The maximum atomic E-state index is 12.3. The van der Waals surface area contributed by atoms with Crippen molar-refractivity contribution in [3.8, 4) is 5.69 Å². The quantitative estimate of drug-likeness (QED) is 0.452. The Morgan fingerprint density at radius 1 is 1.21 bits per heavy atom. The van der Waals surface area contributed by atoms with Gasteiger partial charge in [-0.05, 0) is 19.9 Å². The number of esters is 2. The summed E-state index contributed by atoms with van der Waals surface area (Å²) >= 11 is 0. The number of aromatic nitrogens is 2. The predicted octanol–water partition coefficient (Wildman–Crippen LogP) is 2.13. The summed E-state index contributed by atoms with van der Waals surface area (Å²) in [5.41, 5.74) is -0.400. The molecule has 0 aliphatic carbocycles. The van der Waals surface area contributed by atoms with Gasteiger partial charge in [-0.15, -0.1) is 0 Å². The molecule has 2 rings (SSSR count). The fourth-order valence-electron chi connectivity index (χ4n) is 2.13. The summed E-state index contributed by atoms with van der Waals surface area (Å²) in [5, 5.41) is 11.2. The first-order valence-electron chi connectivity index (χ1n) is 7.15. The van der Waals surface area contributed by atoms with Crippen LogP contribution in [0.25, 0.3) is 5.69 Å². The van der Waals surface area contributed by atoms with Gasteiger partial charge in [-0.25, -0.2) is 9.59 Å². The third-order valence-electron chi connectivity index (χ3n) is 3.08. The fourth-order valence-corrected chi connectivity index (χ4v) is 2.13. The Morgan fingerprint density at radius 3 is 2.50 bits per heavy atom. The van der Waals surface area contributed by atoms with Crippen molar-refractivity contribution in [2.75, 3.05) is 13.2 Å². The van der Waals surface area contributed by atoms with Crippen molar-refractivity contribution in [3.63, 3.8) is 0 Å². The standard InChI is InChI=1S/C15H15N3O6/c1-3-23-14(19)10-6-8-17(13(10)15(20)24-4-2)12-9-16-7-5-11(12)18(21)22/h5-9H,3-4H2,1-2H3. The third kappa shape index (κ3) is 3.24. The molecule has 0 spiro atoms. The maximum Gasteiger partial charge on any atom is 0.356 e. The van der Waals surface area contributed by atoms with Crippen LogP contribution in [0.4, 0.5) is 5.69 Å². The molecule has 0 atom stereocenters. The van der Waals surface area contributed by atoms with Crippen LogP contribution in [-0.2, 0) is 9.47 Å². The van der Waals surface area contributed by atoms with E-state index in [1.54, 1.807) is 13.8 Å². The lowest BCUT2D eigenvalue weighted by Crippen LogP contribution is -2.17. The van der Waals surface area contributed by atoms with Gasteiger partial charge in [0.15, 0.2) is 0 Å². The summed E-state index contributed by atoms with van der Waals surface area (Å²) in [5.74, 6) is -1.51. The van der Waals surface area contributed by atoms with Crippen LogP contribution in [0, 0.1) is 10.1 Å². The van der Waals surface area contributed by atoms with Crippen molar-refractivity contribution in [2.45, 2.75) is 13.8 Å². The first-order valence-corrected chi connectivity index (χ1v) is 7.15. The molecule has 0 aliphatic rings. The second-order valence-electron chi connectivity index (χ2n) is 4.51. The Kier molecular flexibility index (Phi) is 5.25. The summed E-state index contributed by atoms with van der Waals surface area (Å²) in [6.45, 7) is 3.45. The molecule has 0 saturated heterocycles. The SMILES string of the molecule is CCOC(=O)c1ccn(-c2cnccc2[N+](=O)[O-])c1C(=O)OCC. The maximum absolute atomic E-state index is 12.3. The largest absolute Gasteiger partial charge is 0.462 e. The molecule has 0 bridgehead atoms. The topological polar surface area (TPSA) is 114 Å². The molecular weight excluding hydrogens is 318 g/mol. The molecule has 0 amide bonds. The van der Waals surface area contributed by atoms with Crippen LogP contribution in [0.3, 0.4) is 0 Å². The first kappa shape index (κ1) is 17.1. The Hall–Kier alpha value is -3.23. The highest BCUT2D eigenvalue weighted by Gasteiger charge is 2.27. The minimum absolute atomic E-state index is 0.0338. The highest BCUT2D eigenvalue weighted by Crippen LogP contribution is 2.26. The van der Waals surface area contributed by atoms with Gasteiger partial charge in [-0.2, -0.15) is 0 Å². The normalized spacial score (nSPS) is 10.2.